The van der Waals surface area contributed by atoms with Gasteiger partial charge in [0.25, 0.3) is 0 Å². The third-order valence-corrected chi connectivity index (χ3v) is 2.59. The van der Waals surface area contributed by atoms with Gasteiger partial charge in [-0.25, -0.2) is 9.37 Å². The van der Waals surface area contributed by atoms with Crippen molar-refractivity contribution in [1.29, 1.82) is 0 Å². The normalized spacial score (nSPS) is 12.4. The van der Waals surface area contributed by atoms with Crippen molar-refractivity contribution >= 4 is 0 Å². The Bertz CT molecular complexity index is 540. The van der Waals surface area contributed by atoms with Gasteiger partial charge in [-0.2, -0.15) is 5.10 Å². The van der Waals surface area contributed by atoms with Gasteiger partial charge in [-0.1, -0.05) is 0 Å². The molecule has 1 heterocycles. The molecule has 0 aliphatic carbocycles. The molecule has 0 fully saturated rings. The maximum Gasteiger partial charge on any atom is 0.164 e. The van der Waals surface area contributed by atoms with Gasteiger partial charge in [-0.15, -0.1) is 0 Å². The van der Waals surface area contributed by atoms with Gasteiger partial charge in [-0.05, 0) is 19.1 Å². The molecule has 18 heavy (non-hydrogen) atoms. The van der Waals surface area contributed by atoms with E-state index in [0.717, 1.165) is 0 Å². The predicted octanol–water partition coefficient (Wildman–Crippen LogP) is 1.59. The average Bonchev–Trinajstić information content (AvgIpc) is 2.72. The van der Waals surface area contributed by atoms with Crippen LogP contribution >= 0.6 is 0 Å². The standard InChI is InChI=1S/C12H14FN3O2/c1-8(17)10-4-3-9(13)5-11(10)18-6-12-14-7-15-16(12)2/h3-5,7-8,17H,6H2,1-2H3/t8-/m0/s1. The molecule has 0 aliphatic heterocycles. The highest BCUT2D eigenvalue weighted by Gasteiger charge is 2.11. The summed E-state index contributed by atoms with van der Waals surface area (Å²) in [6, 6.07) is 4.04. The molecule has 0 unspecified atom stereocenters. The first-order chi connectivity index (χ1) is 8.58. The first-order valence-electron chi connectivity index (χ1n) is 5.51. The Kier molecular flexibility index (Phi) is 3.57. The van der Waals surface area contributed by atoms with E-state index < -0.39 is 11.9 Å². The van der Waals surface area contributed by atoms with Crippen LogP contribution in [-0.2, 0) is 13.7 Å². The van der Waals surface area contributed by atoms with Crippen molar-refractivity contribution in [2.45, 2.75) is 19.6 Å². The Morgan fingerprint density at radius 1 is 1.50 bits per heavy atom. The highest BCUT2D eigenvalue weighted by Crippen LogP contribution is 2.26. The molecular weight excluding hydrogens is 237 g/mol. The third kappa shape index (κ3) is 2.65. The van der Waals surface area contributed by atoms with Crippen LogP contribution in [0.25, 0.3) is 0 Å². The van der Waals surface area contributed by atoms with Crippen molar-refractivity contribution in [2.24, 2.45) is 7.05 Å². The predicted molar refractivity (Wildman–Crippen MR) is 62.4 cm³/mol. The molecule has 0 radical (unpaired) electrons. The van der Waals surface area contributed by atoms with Gasteiger partial charge in [-0.3, -0.25) is 4.68 Å². The van der Waals surface area contributed by atoms with Crippen molar-refractivity contribution in [1.82, 2.24) is 14.8 Å². The molecule has 1 aromatic carbocycles. The van der Waals surface area contributed by atoms with E-state index in [9.17, 15) is 9.50 Å². The minimum atomic E-state index is -0.722. The highest BCUT2D eigenvalue weighted by molar-refractivity contribution is 5.35. The second-order valence-electron chi connectivity index (χ2n) is 3.95. The molecule has 2 rings (SSSR count). The van der Waals surface area contributed by atoms with Crippen LogP contribution in [0.5, 0.6) is 5.75 Å². The van der Waals surface area contributed by atoms with Crippen LogP contribution in [0.3, 0.4) is 0 Å². The largest absolute Gasteiger partial charge is 0.485 e. The molecule has 1 N–H and O–H groups in total. The fraction of sp³-hybridized carbons (Fsp3) is 0.333. The minimum absolute atomic E-state index is 0.166. The van der Waals surface area contributed by atoms with E-state index in [1.54, 1.807) is 18.7 Å². The van der Waals surface area contributed by atoms with Gasteiger partial charge in [0.15, 0.2) is 5.82 Å². The Morgan fingerprint density at radius 2 is 2.28 bits per heavy atom. The van der Waals surface area contributed by atoms with Crippen molar-refractivity contribution < 1.29 is 14.2 Å². The van der Waals surface area contributed by atoms with Gasteiger partial charge in [0.1, 0.15) is 24.5 Å². The third-order valence-electron chi connectivity index (χ3n) is 2.59. The minimum Gasteiger partial charge on any atom is -0.485 e. The lowest BCUT2D eigenvalue weighted by Gasteiger charge is -2.13. The van der Waals surface area contributed by atoms with Gasteiger partial charge < -0.3 is 9.84 Å². The summed E-state index contributed by atoms with van der Waals surface area (Å²) >= 11 is 0. The number of aliphatic hydroxyl groups is 1. The molecule has 1 atom stereocenters. The molecular formula is C12H14FN3O2. The molecule has 0 aliphatic rings. The van der Waals surface area contributed by atoms with Crippen molar-refractivity contribution in [3.05, 3.63) is 41.7 Å². The molecule has 1 aromatic heterocycles. The summed E-state index contributed by atoms with van der Waals surface area (Å²) in [4.78, 5) is 4.00. The average molecular weight is 251 g/mol. The summed E-state index contributed by atoms with van der Waals surface area (Å²) in [5.74, 6) is 0.524. The Hall–Kier alpha value is -1.95. The number of nitrogens with zero attached hydrogens (tertiary/aromatic N) is 3. The number of hydrogen-bond acceptors (Lipinski definition) is 4. The van der Waals surface area contributed by atoms with Gasteiger partial charge in [0.2, 0.25) is 0 Å². The smallest absolute Gasteiger partial charge is 0.164 e. The van der Waals surface area contributed by atoms with Gasteiger partial charge in [0.05, 0.1) is 6.10 Å². The van der Waals surface area contributed by atoms with Crippen molar-refractivity contribution in [2.75, 3.05) is 0 Å². The van der Waals surface area contributed by atoms with E-state index in [1.807, 2.05) is 0 Å². The Labute approximate surface area is 104 Å². The molecule has 96 valence electrons. The summed E-state index contributed by atoms with van der Waals surface area (Å²) in [5, 5.41) is 13.5. The molecule has 2 aromatic rings. The summed E-state index contributed by atoms with van der Waals surface area (Å²) in [6.45, 7) is 1.77. The maximum absolute atomic E-state index is 13.2. The van der Waals surface area contributed by atoms with Crippen LogP contribution in [0.1, 0.15) is 24.4 Å². The van der Waals surface area contributed by atoms with Gasteiger partial charge >= 0.3 is 0 Å². The van der Waals surface area contributed by atoms with Crippen LogP contribution in [0, 0.1) is 5.82 Å². The number of rotatable bonds is 4. The van der Waals surface area contributed by atoms with Crippen LogP contribution in [0.2, 0.25) is 0 Å². The SMILES string of the molecule is C[C@H](O)c1ccc(F)cc1OCc1ncnn1C. The van der Waals surface area contributed by atoms with E-state index >= 15 is 0 Å². The number of hydrogen-bond donors (Lipinski definition) is 1. The monoisotopic (exact) mass is 251 g/mol. The van der Waals surface area contributed by atoms with Crippen LogP contribution < -0.4 is 4.74 Å². The van der Waals surface area contributed by atoms with E-state index in [0.29, 0.717) is 17.1 Å². The zero-order valence-corrected chi connectivity index (χ0v) is 10.2. The van der Waals surface area contributed by atoms with Crippen LogP contribution in [-0.4, -0.2) is 19.9 Å². The number of halogens is 1. The lowest BCUT2D eigenvalue weighted by atomic mass is 10.1. The second kappa shape index (κ2) is 5.14. The molecule has 0 saturated heterocycles. The lowest BCUT2D eigenvalue weighted by molar-refractivity contribution is 0.189. The van der Waals surface area contributed by atoms with Crippen LogP contribution in [0.4, 0.5) is 4.39 Å². The first-order valence-corrected chi connectivity index (χ1v) is 5.51. The number of benzene rings is 1. The summed E-state index contributed by atoms with van der Waals surface area (Å²) in [6.07, 6.45) is 0.694. The van der Waals surface area contributed by atoms with Gasteiger partial charge in [0, 0.05) is 18.7 Å². The molecule has 0 spiro atoms. The van der Waals surface area contributed by atoms with Crippen molar-refractivity contribution in [3.63, 3.8) is 0 Å². The second-order valence-corrected chi connectivity index (χ2v) is 3.95. The summed E-state index contributed by atoms with van der Waals surface area (Å²) in [5.41, 5.74) is 0.540. The summed E-state index contributed by atoms with van der Waals surface area (Å²) in [7, 11) is 1.74. The number of aryl methyl sites for hydroxylation is 1. The maximum atomic E-state index is 13.2. The molecule has 6 heteroatoms. The quantitative estimate of drug-likeness (QED) is 0.896. The molecule has 0 amide bonds. The van der Waals surface area contributed by atoms with E-state index in [-0.39, 0.29) is 6.61 Å². The van der Waals surface area contributed by atoms with E-state index in [2.05, 4.69) is 10.1 Å². The number of aromatic nitrogens is 3. The number of ether oxygens (including phenoxy) is 1. The molecule has 5 nitrogen and oxygen atoms in total. The fourth-order valence-electron chi connectivity index (χ4n) is 1.57. The Balaban J connectivity index is 2.18. The topological polar surface area (TPSA) is 60.2 Å². The molecule has 0 saturated carbocycles. The summed E-state index contributed by atoms with van der Waals surface area (Å²) < 4.78 is 20.2. The lowest BCUT2D eigenvalue weighted by Crippen LogP contribution is -2.06. The van der Waals surface area contributed by atoms with Crippen molar-refractivity contribution in [3.8, 4) is 5.75 Å². The number of aliphatic hydroxyl groups excluding tert-OH is 1. The molecule has 0 bridgehead atoms. The zero-order valence-electron chi connectivity index (χ0n) is 10.2. The van der Waals surface area contributed by atoms with E-state index in [1.165, 1.54) is 24.5 Å². The van der Waals surface area contributed by atoms with Crippen LogP contribution in [0.15, 0.2) is 24.5 Å². The highest BCUT2D eigenvalue weighted by atomic mass is 19.1. The first kappa shape index (κ1) is 12.5. The van der Waals surface area contributed by atoms with E-state index in [4.69, 9.17) is 4.74 Å². The zero-order chi connectivity index (χ0) is 13.1. The fourth-order valence-corrected chi connectivity index (χ4v) is 1.57. The Morgan fingerprint density at radius 3 is 2.89 bits per heavy atom.